The van der Waals surface area contributed by atoms with E-state index in [0.29, 0.717) is 41.1 Å². The van der Waals surface area contributed by atoms with E-state index in [4.69, 9.17) is 27.9 Å². The summed E-state index contributed by atoms with van der Waals surface area (Å²) in [7, 11) is 1.61. The standard InChI is InChI=1S/C29H32Cl2N2O3S/c1-3-14-32-29(35)27(17-21-8-5-4-6-9-21)33(18-22-10-7-11-24(15-22)36-2)28(34)20-37-19-23-12-13-25(30)26(31)16-23/h4-13,15-16,27H,3,14,17-20H2,1-2H3,(H,32,35)/t27-/m0/s1. The predicted molar refractivity (Wildman–Crippen MR) is 153 cm³/mol. The first kappa shape index (κ1) is 28.9. The van der Waals surface area contributed by atoms with Crippen molar-refractivity contribution in [2.24, 2.45) is 0 Å². The Hall–Kier alpha value is -2.67. The van der Waals surface area contributed by atoms with Gasteiger partial charge in [0, 0.05) is 25.3 Å². The van der Waals surface area contributed by atoms with Gasteiger partial charge >= 0.3 is 0 Å². The number of ether oxygens (including phenoxy) is 1. The molecule has 3 rings (SSSR count). The van der Waals surface area contributed by atoms with Gasteiger partial charge in [0.05, 0.1) is 22.9 Å². The second-order valence-electron chi connectivity index (χ2n) is 8.61. The van der Waals surface area contributed by atoms with Gasteiger partial charge in [0.25, 0.3) is 0 Å². The van der Waals surface area contributed by atoms with E-state index in [0.717, 1.165) is 23.1 Å². The van der Waals surface area contributed by atoms with Crippen molar-refractivity contribution in [3.05, 3.63) is 99.5 Å². The molecule has 0 aliphatic rings. The Morgan fingerprint density at radius 1 is 0.946 bits per heavy atom. The molecule has 0 unspecified atom stereocenters. The molecule has 8 heteroatoms. The number of hydrogen-bond acceptors (Lipinski definition) is 4. The molecule has 0 aliphatic heterocycles. The van der Waals surface area contributed by atoms with Gasteiger partial charge in [-0.1, -0.05) is 78.7 Å². The molecule has 1 atom stereocenters. The number of benzene rings is 3. The van der Waals surface area contributed by atoms with Crippen molar-refractivity contribution in [3.8, 4) is 5.75 Å². The van der Waals surface area contributed by atoms with Crippen LogP contribution in [0.5, 0.6) is 5.75 Å². The lowest BCUT2D eigenvalue weighted by atomic mass is 10.0. The maximum absolute atomic E-state index is 13.7. The van der Waals surface area contributed by atoms with Crippen LogP contribution in [0.1, 0.15) is 30.0 Å². The normalized spacial score (nSPS) is 11.6. The monoisotopic (exact) mass is 558 g/mol. The second-order valence-corrected chi connectivity index (χ2v) is 10.4. The topological polar surface area (TPSA) is 58.6 Å². The van der Waals surface area contributed by atoms with E-state index in [9.17, 15) is 9.59 Å². The minimum atomic E-state index is -0.654. The molecule has 0 spiro atoms. The van der Waals surface area contributed by atoms with E-state index in [-0.39, 0.29) is 17.6 Å². The molecule has 1 N–H and O–H groups in total. The molecule has 3 aromatic carbocycles. The molecule has 0 fully saturated rings. The first-order chi connectivity index (χ1) is 17.9. The fourth-order valence-electron chi connectivity index (χ4n) is 3.86. The number of nitrogens with zero attached hydrogens (tertiary/aromatic N) is 1. The lowest BCUT2D eigenvalue weighted by molar-refractivity contribution is -0.139. The number of hydrogen-bond donors (Lipinski definition) is 1. The van der Waals surface area contributed by atoms with Crippen LogP contribution >= 0.6 is 35.0 Å². The number of carbonyl (C=O) groups is 2. The minimum absolute atomic E-state index is 0.111. The Bertz CT molecular complexity index is 1180. The third kappa shape index (κ3) is 8.99. The molecule has 0 radical (unpaired) electrons. The summed E-state index contributed by atoms with van der Waals surface area (Å²) in [5.41, 5.74) is 2.86. The zero-order valence-electron chi connectivity index (χ0n) is 21.1. The first-order valence-corrected chi connectivity index (χ1v) is 14.1. The molecule has 3 aromatic rings. The summed E-state index contributed by atoms with van der Waals surface area (Å²) in [6.07, 6.45) is 1.23. The lowest BCUT2D eigenvalue weighted by Crippen LogP contribution is -2.51. The summed E-state index contributed by atoms with van der Waals surface area (Å²) in [6, 6.07) is 22.2. The van der Waals surface area contributed by atoms with Crippen molar-refractivity contribution in [2.75, 3.05) is 19.4 Å². The van der Waals surface area contributed by atoms with Crippen molar-refractivity contribution in [3.63, 3.8) is 0 Å². The maximum Gasteiger partial charge on any atom is 0.243 e. The van der Waals surface area contributed by atoms with Crippen molar-refractivity contribution in [1.82, 2.24) is 10.2 Å². The number of amides is 2. The van der Waals surface area contributed by atoms with E-state index >= 15 is 0 Å². The van der Waals surface area contributed by atoms with Crippen LogP contribution in [0.3, 0.4) is 0 Å². The van der Waals surface area contributed by atoms with E-state index in [1.54, 1.807) is 18.1 Å². The highest BCUT2D eigenvalue weighted by molar-refractivity contribution is 7.99. The van der Waals surface area contributed by atoms with Crippen molar-refractivity contribution in [1.29, 1.82) is 0 Å². The molecule has 0 aliphatic carbocycles. The first-order valence-electron chi connectivity index (χ1n) is 12.2. The van der Waals surface area contributed by atoms with E-state index in [2.05, 4.69) is 5.32 Å². The van der Waals surface area contributed by atoms with Gasteiger partial charge in [-0.15, -0.1) is 11.8 Å². The Morgan fingerprint density at radius 2 is 1.70 bits per heavy atom. The van der Waals surface area contributed by atoms with Gasteiger partial charge in [0.2, 0.25) is 11.8 Å². The van der Waals surface area contributed by atoms with Gasteiger partial charge in [-0.25, -0.2) is 0 Å². The summed E-state index contributed by atoms with van der Waals surface area (Å²) < 4.78 is 5.38. The van der Waals surface area contributed by atoms with Crippen molar-refractivity contribution in [2.45, 2.75) is 38.1 Å². The molecule has 37 heavy (non-hydrogen) atoms. The fourth-order valence-corrected chi connectivity index (χ4v) is 5.03. The minimum Gasteiger partial charge on any atom is -0.497 e. The molecular formula is C29H32Cl2N2O3S. The fraction of sp³-hybridized carbons (Fsp3) is 0.310. The van der Waals surface area contributed by atoms with Crippen LogP contribution in [0.4, 0.5) is 0 Å². The smallest absolute Gasteiger partial charge is 0.243 e. The molecule has 0 heterocycles. The number of nitrogens with one attached hydrogen (secondary N) is 1. The zero-order valence-corrected chi connectivity index (χ0v) is 23.4. The van der Waals surface area contributed by atoms with Crippen LogP contribution in [-0.2, 0) is 28.3 Å². The van der Waals surface area contributed by atoms with Crippen LogP contribution in [0.15, 0.2) is 72.8 Å². The van der Waals surface area contributed by atoms with E-state index in [1.165, 1.54) is 11.8 Å². The highest BCUT2D eigenvalue weighted by Gasteiger charge is 2.30. The highest BCUT2D eigenvalue weighted by Crippen LogP contribution is 2.25. The van der Waals surface area contributed by atoms with Gasteiger partial charge in [-0.05, 0) is 47.4 Å². The maximum atomic E-state index is 13.7. The highest BCUT2D eigenvalue weighted by atomic mass is 35.5. The lowest BCUT2D eigenvalue weighted by Gasteiger charge is -2.31. The quantitative estimate of drug-likeness (QED) is 0.263. The van der Waals surface area contributed by atoms with Crippen LogP contribution in [0.2, 0.25) is 10.0 Å². The van der Waals surface area contributed by atoms with Gasteiger partial charge in [-0.2, -0.15) is 0 Å². The average molecular weight is 560 g/mol. The molecule has 2 amide bonds. The molecule has 5 nitrogen and oxygen atoms in total. The van der Waals surface area contributed by atoms with Crippen LogP contribution in [0.25, 0.3) is 0 Å². The van der Waals surface area contributed by atoms with Crippen LogP contribution in [-0.4, -0.2) is 42.2 Å². The van der Waals surface area contributed by atoms with Crippen molar-refractivity contribution >= 4 is 46.8 Å². The molecule has 196 valence electrons. The Balaban J connectivity index is 1.84. The Morgan fingerprint density at radius 3 is 2.41 bits per heavy atom. The van der Waals surface area contributed by atoms with Crippen LogP contribution < -0.4 is 10.1 Å². The predicted octanol–water partition coefficient (Wildman–Crippen LogP) is 6.40. The number of thioether (sulfide) groups is 1. The zero-order chi connectivity index (χ0) is 26.6. The summed E-state index contributed by atoms with van der Waals surface area (Å²) in [5.74, 6) is 1.25. The molecule has 0 saturated carbocycles. The molecule has 0 aromatic heterocycles. The second kappa shape index (κ2) is 14.9. The summed E-state index contributed by atoms with van der Waals surface area (Å²) >= 11 is 13.7. The molecule has 0 saturated heterocycles. The Labute approximate surface area is 233 Å². The Kier molecular flexibility index (Phi) is 11.6. The van der Waals surface area contributed by atoms with Crippen LogP contribution in [0, 0.1) is 0 Å². The number of methoxy groups -OCH3 is 1. The van der Waals surface area contributed by atoms with Gasteiger partial charge in [0.15, 0.2) is 0 Å². The summed E-state index contributed by atoms with van der Waals surface area (Å²) in [4.78, 5) is 28.7. The van der Waals surface area contributed by atoms with Gasteiger partial charge in [-0.3, -0.25) is 9.59 Å². The number of carbonyl (C=O) groups excluding carboxylic acids is 2. The van der Waals surface area contributed by atoms with Gasteiger partial charge in [0.1, 0.15) is 11.8 Å². The summed E-state index contributed by atoms with van der Waals surface area (Å²) in [6.45, 7) is 2.85. The van der Waals surface area contributed by atoms with E-state index in [1.807, 2.05) is 73.7 Å². The number of halogens is 2. The number of rotatable bonds is 13. The van der Waals surface area contributed by atoms with Crippen molar-refractivity contribution < 1.29 is 14.3 Å². The third-order valence-electron chi connectivity index (χ3n) is 5.79. The van der Waals surface area contributed by atoms with Gasteiger partial charge < -0.3 is 15.0 Å². The molecule has 0 bridgehead atoms. The average Bonchev–Trinajstić information content (AvgIpc) is 2.91. The third-order valence-corrected chi connectivity index (χ3v) is 7.51. The summed E-state index contributed by atoms with van der Waals surface area (Å²) in [5, 5.41) is 3.98. The van der Waals surface area contributed by atoms with E-state index < -0.39 is 6.04 Å². The SMILES string of the molecule is CCCNC(=O)[C@H](Cc1ccccc1)N(Cc1cccc(OC)c1)C(=O)CSCc1ccc(Cl)c(Cl)c1. The largest absolute Gasteiger partial charge is 0.497 e. The molecular weight excluding hydrogens is 527 g/mol.